The first kappa shape index (κ1) is 29.9. The molecule has 1 fully saturated rings. The first-order valence-corrected chi connectivity index (χ1v) is 15.3. The number of carbonyl (C=O) groups excluding carboxylic acids is 1. The Labute approximate surface area is 246 Å². The smallest absolute Gasteiger partial charge is 0.404 e. The van der Waals surface area contributed by atoms with Crippen molar-refractivity contribution in [2.24, 2.45) is 0 Å². The summed E-state index contributed by atoms with van der Waals surface area (Å²) in [5, 5.41) is 24.5. The van der Waals surface area contributed by atoms with Crippen molar-refractivity contribution in [3.05, 3.63) is 77.6 Å². The van der Waals surface area contributed by atoms with Gasteiger partial charge in [-0.25, -0.2) is 17.6 Å². The van der Waals surface area contributed by atoms with E-state index in [9.17, 15) is 27.5 Å². The van der Waals surface area contributed by atoms with E-state index in [1.165, 1.54) is 31.3 Å². The molecule has 11 nitrogen and oxygen atoms in total. The second-order valence-corrected chi connectivity index (χ2v) is 12.2. The molecule has 0 radical (unpaired) electrons. The molecule has 3 aromatic carbocycles. The van der Waals surface area contributed by atoms with Crippen molar-refractivity contribution in [1.29, 1.82) is 0 Å². The van der Waals surface area contributed by atoms with Gasteiger partial charge in [0, 0.05) is 30.6 Å². The fourth-order valence-electron chi connectivity index (χ4n) is 4.83. The van der Waals surface area contributed by atoms with Gasteiger partial charge in [0.15, 0.2) is 0 Å². The number of nitrogens with one attached hydrogen (secondary N) is 2. The zero-order valence-corrected chi connectivity index (χ0v) is 24.2. The van der Waals surface area contributed by atoms with Crippen LogP contribution >= 0.6 is 0 Å². The SMILES string of the molecule is CNC(=O)c1c(-c2ccc(Oc3ccc(F)cc3)cc2)oc2cc(N(CC(O)CNC(=O)O)S(C)(=O)=O)c(C3CC3)cc12. The van der Waals surface area contributed by atoms with Crippen LogP contribution in [0.3, 0.4) is 0 Å². The number of aliphatic hydroxyl groups is 1. The molecule has 1 aromatic heterocycles. The number of furan rings is 1. The first-order valence-electron chi connectivity index (χ1n) is 13.4. The average molecular weight is 612 g/mol. The quantitative estimate of drug-likeness (QED) is 0.191. The van der Waals surface area contributed by atoms with Crippen molar-refractivity contribution >= 4 is 38.7 Å². The minimum Gasteiger partial charge on any atom is -0.465 e. The molecular formula is C30H30FN3O8S. The number of rotatable bonds is 11. The van der Waals surface area contributed by atoms with Crippen molar-refractivity contribution in [1.82, 2.24) is 10.6 Å². The lowest BCUT2D eigenvalue weighted by Gasteiger charge is -2.27. The van der Waals surface area contributed by atoms with Gasteiger partial charge in [-0.2, -0.15) is 0 Å². The van der Waals surface area contributed by atoms with Gasteiger partial charge >= 0.3 is 6.09 Å². The van der Waals surface area contributed by atoms with Crippen molar-refractivity contribution in [2.45, 2.75) is 24.9 Å². The van der Waals surface area contributed by atoms with Crippen molar-refractivity contribution in [3.63, 3.8) is 0 Å². The minimum atomic E-state index is -3.92. The number of benzene rings is 3. The van der Waals surface area contributed by atoms with Gasteiger partial charge in [0.05, 0.1) is 30.2 Å². The molecule has 0 aliphatic heterocycles. The van der Waals surface area contributed by atoms with Crippen LogP contribution in [0.5, 0.6) is 11.5 Å². The molecule has 1 heterocycles. The normalized spacial score (nSPS) is 13.9. The largest absolute Gasteiger partial charge is 0.465 e. The monoisotopic (exact) mass is 611 g/mol. The van der Waals surface area contributed by atoms with Crippen LogP contribution in [0.15, 0.2) is 65.1 Å². The summed E-state index contributed by atoms with van der Waals surface area (Å²) in [5.74, 6) is 0.447. The van der Waals surface area contributed by atoms with E-state index in [0.29, 0.717) is 33.7 Å². The van der Waals surface area contributed by atoms with E-state index in [-0.39, 0.29) is 35.2 Å². The summed E-state index contributed by atoms with van der Waals surface area (Å²) in [5.41, 5.74) is 2.06. The molecule has 0 saturated heterocycles. The van der Waals surface area contributed by atoms with Gasteiger partial charge in [0.2, 0.25) is 10.0 Å². The number of carbonyl (C=O) groups is 2. The van der Waals surface area contributed by atoms with Crippen molar-refractivity contribution < 1.29 is 41.8 Å². The topological polar surface area (TPSA) is 158 Å². The Kier molecular flexibility index (Phi) is 8.29. The van der Waals surface area contributed by atoms with Crippen LogP contribution in [-0.2, 0) is 10.0 Å². The van der Waals surface area contributed by atoms with Gasteiger partial charge in [-0.1, -0.05) is 0 Å². The van der Waals surface area contributed by atoms with Crippen molar-refractivity contribution in [3.8, 4) is 22.8 Å². The van der Waals surface area contributed by atoms with Crippen LogP contribution in [0.4, 0.5) is 14.9 Å². The van der Waals surface area contributed by atoms with Gasteiger partial charge in [0.1, 0.15) is 28.7 Å². The third-order valence-corrected chi connectivity index (χ3v) is 8.16. The number of nitrogens with zero attached hydrogens (tertiary/aromatic N) is 1. The lowest BCUT2D eigenvalue weighted by atomic mass is 10.00. The number of amides is 2. The number of hydrogen-bond donors (Lipinski definition) is 4. The molecule has 4 N–H and O–H groups in total. The highest BCUT2D eigenvalue weighted by Crippen LogP contribution is 2.48. The number of sulfonamides is 1. The predicted molar refractivity (Wildman–Crippen MR) is 158 cm³/mol. The van der Waals surface area contributed by atoms with E-state index >= 15 is 0 Å². The van der Waals surface area contributed by atoms with Gasteiger partial charge in [0.25, 0.3) is 5.91 Å². The van der Waals surface area contributed by atoms with E-state index < -0.39 is 34.7 Å². The molecule has 4 aromatic rings. The molecule has 1 unspecified atom stereocenters. The summed E-state index contributed by atoms with van der Waals surface area (Å²) in [6, 6.07) is 15.7. The number of carboxylic acid groups (broad SMARTS) is 1. The maximum absolute atomic E-state index is 13.2. The summed E-state index contributed by atoms with van der Waals surface area (Å²) >= 11 is 0. The average Bonchev–Trinajstić information content (AvgIpc) is 3.75. The molecule has 226 valence electrons. The van der Waals surface area contributed by atoms with E-state index in [0.717, 1.165) is 23.4 Å². The van der Waals surface area contributed by atoms with Crippen LogP contribution < -0.4 is 19.7 Å². The fourth-order valence-corrected chi connectivity index (χ4v) is 5.78. The highest BCUT2D eigenvalue weighted by atomic mass is 32.2. The highest BCUT2D eigenvalue weighted by molar-refractivity contribution is 7.92. The summed E-state index contributed by atoms with van der Waals surface area (Å²) in [4.78, 5) is 24.0. The number of hydrogen-bond acceptors (Lipinski definition) is 7. The van der Waals surface area contributed by atoms with E-state index in [1.54, 1.807) is 36.4 Å². The molecule has 1 atom stereocenters. The maximum atomic E-state index is 13.2. The number of fused-ring (bicyclic) bond motifs is 1. The van der Waals surface area contributed by atoms with Crippen LogP contribution in [-0.4, -0.2) is 63.1 Å². The van der Waals surface area contributed by atoms with Crippen molar-refractivity contribution in [2.75, 3.05) is 30.7 Å². The Hall–Kier alpha value is -4.62. The highest BCUT2D eigenvalue weighted by Gasteiger charge is 2.34. The van der Waals surface area contributed by atoms with E-state index in [2.05, 4.69) is 10.6 Å². The molecule has 13 heteroatoms. The molecule has 1 aliphatic carbocycles. The molecule has 0 spiro atoms. The maximum Gasteiger partial charge on any atom is 0.404 e. The van der Waals surface area contributed by atoms with E-state index in [4.69, 9.17) is 14.3 Å². The van der Waals surface area contributed by atoms with Crippen LogP contribution in [0.2, 0.25) is 0 Å². The van der Waals surface area contributed by atoms with E-state index in [1.807, 2.05) is 0 Å². The van der Waals surface area contributed by atoms with Crippen LogP contribution in [0.25, 0.3) is 22.3 Å². The molecule has 43 heavy (non-hydrogen) atoms. The van der Waals surface area contributed by atoms with Crippen LogP contribution in [0.1, 0.15) is 34.7 Å². The zero-order chi connectivity index (χ0) is 30.9. The molecular weight excluding hydrogens is 581 g/mol. The summed E-state index contributed by atoms with van der Waals surface area (Å²) in [7, 11) is -2.42. The first-order chi connectivity index (χ1) is 20.4. The third-order valence-electron chi connectivity index (χ3n) is 7.01. The standard InChI is InChI=1S/C30H30FN3O8S/c1-32-29(36)27-24-13-23(17-3-4-17)25(34(43(2,39)40)16-20(35)15-33-30(37)38)14-26(24)42-28(27)18-5-9-21(10-6-18)41-22-11-7-19(31)8-12-22/h5-14,17,20,33,35H,3-4,15-16H2,1-2H3,(H,32,36)(H,37,38). The van der Waals surface area contributed by atoms with Gasteiger partial charge in [-0.05, 0) is 78.9 Å². The molecule has 2 amide bonds. The Morgan fingerprint density at radius 2 is 1.72 bits per heavy atom. The Morgan fingerprint density at radius 1 is 1.09 bits per heavy atom. The summed E-state index contributed by atoms with van der Waals surface area (Å²) in [6.45, 7) is -0.759. The summed E-state index contributed by atoms with van der Waals surface area (Å²) < 4.78 is 52.1. The van der Waals surface area contributed by atoms with Gasteiger partial charge in [-0.15, -0.1) is 0 Å². The molecule has 1 aliphatic rings. The molecule has 5 rings (SSSR count). The number of ether oxygens (including phenoxy) is 1. The van der Waals surface area contributed by atoms with Crippen LogP contribution in [0, 0.1) is 5.82 Å². The number of aliphatic hydroxyl groups excluding tert-OH is 1. The Bertz CT molecular complexity index is 1770. The lowest BCUT2D eigenvalue weighted by molar-refractivity contribution is 0.0964. The second kappa shape index (κ2) is 11.9. The Morgan fingerprint density at radius 3 is 2.28 bits per heavy atom. The van der Waals surface area contributed by atoms with Gasteiger partial charge < -0.3 is 30.0 Å². The predicted octanol–water partition coefficient (Wildman–Crippen LogP) is 4.66. The minimum absolute atomic E-state index is 0.0386. The zero-order valence-electron chi connectivity index (χ0n) is 23.3. The molecule has 0 bridgehead atoms. The lowest BCUT2D eigenvalue weighted by Crippen LogP contribution is -2.42. The molecule has 1 saturated carbocycles. The summed E-state index contributed by atoms with van der Waals surface area (Å²) in [6.07, 6.45) is -0.0313. The Balaban J connectivity index is 1.57. The number of halogens is 1. The van der Waals surface area contributed by atoms with Gasteiger partial charge in [-0.3, -0.25) is 9.10 Å². The second-order valence-electron chi connectivity index (χ2n) is 10.3. The number of anilines is 1. The third kappa shape index (κ3) is 6.73. The fraction of sp³-hybridized carbons (Fsp3) is 0.267.